The number of esters is 1. The molecule has 0 bridgehead atoms. The first-order valence-corrected chi connectivity index (χ1v) is 8.56. The highest BCUT2D eigenvalue weighted by atomic mass is 19.4. The monoisotopic (exact) mass is 370 g/mol. The van der Waals surface area contributed by atoms with Crippen LogP contribution in [-0.2, 0) is 20.2 Å². The van der Waals surface area contributed by atoms with Crippen LogP contribution in [0, 0.1) is 0 Å². The van der Waals surface area contributed by atoms with Crippen LogP contribution >= 0.6 is 0 Å². The van der Waals surface area contributed by atoms with Gasteiger partial charge in [0.05, 0.1) is 29.4 Å². The van der Waals surface area contributed by atoms with Crippen LogP contribution < -0.4 is 5.46 Å². The molecule has 0 radical (unpaired) electrons. The van der Waals surface area contributed by atoms with Gasteiger partial charge in [-0.1, -0.05) is 6.07 Å². The third-order valence-corrected chi connectivity index (χ3v) is 5.44. The van der Waals surface area contributed by atoms with Gasteiger partial charge >= 0.3 is 19.3 Å². The molecule has 1 heterocycles. The van der Waals surface area contributed by atoms with E-state index in [4.69, 9.17) is 9.31 Å². The van der Waals surface area contributed by atoms with Crippen molar-refractivity contribution >= 4 is 18.6 Å². The number of alkyl halides is 3. The number of rotatable bonds is 3. The summed E-state index contributed by atoms with van der Waals surface area (Å²) in [5, 5.41) is 0. The van der Waals surface area contributed by atoms with E-state index >= 15 is 0 Å². The molecule has 26 heavy (non-hydrogen) atoms. The molecule has 1 aliphatic heterocycles. The average Bonchev–Trinajstić information content (AvgIpc) is 3.32. The van der Waals surface area contributed by atoms with Crippen LogP contribution in [0.15, 0.2) is 12.1 Å². The van der Waals surface area contributed by atoms with Crippen LogP contribution in [0.25, 0.3) is 0 Å². The first-order valence-electron chi connectivity index (χ1n) is 8.56. The minimum Gasteiger partial charge on any atom is -0.465 e. The predicted octanol–water partition coefficient (Wildman–Crippen LogP) is 3.67. The van der Waals surface area contributed by atoms with Crippen molar-refractivity contribution in [1.82, 2.24) is 0 Å². The van der Waals surface area contributed by atoms with Crippen LogP contribution in [0.2, 0.25) is 0 Å². The van der Waals surface area contributed by atoms with Crippen molar-refractivity contribution in [3.8, 4) is 0 Å². The molecule has 3 rings (SSSR count). The zero-order valence-corrected chi connectivity index (χ0v) is 15.5. The second-order valence-corrected chi connectivity index (χ2v) is 7.88. The van der Waals surface area contributed by atoms with Crippen LogP contribution in [0.4, 0.5) is 13.2 Å². The number of halogens is 3. The Kier molecular flexibility index (Phi) is 4.43. The molecule has 4 nitrogen and oxygen atoms in total. The maximum atomic E-state index is 13.9. The molecule has 2 aliphatic rings. The van der Waals surface area contributed by atoms with E-state index in [9.17, 15) is 18.0 Å². The van der Waals surface area contributed by atoms with Gasteiger partial charge in [0.2, 0.25) is 0 Å². The van der Waals surface area contributed by atoms with Gasteiger partial charge in [0, 0.05) is 0 Å². The third kappa shape index (κ3) is 3.25. The summed E-state index contributed by atoms with van der Waals surface area (Å²) in [6.07, 6.45) is -2.98. The second-order valence-electron chi connectivity index (χ2n) is 7.88. The molecule has 8 heteroatoms. The van der Waals surface area contributed by atoms with Crippen molar-refractivity contribution in [2.24, 2.45) is 0 Å². The molecule has 0 amide bonds. The number of methoxy groups -OCH3 is 1. The molecule has 142 valence electrons. The molecule has 0 spiro atoms. The molecule has 0 aromatic heterocycles. The van der Waals surface area contributed by atoms with Gasteiger partial charge in [-0.2, -0.15) is 13.2 Å². The van der Waals surface area contributed by atoms with Crippen LogP contribution in [0.5, 0.6) is 0 Å². The fraction of sp³-hybridized carbons (Fsp3) is 0.611. The molecule has 1 saturated carbocycles. The number of hydrogen-bond donors (Lipinski definition) is 0. The van der Waals surface area contributed by atoms with Gasteiger partial charge in [-0.3, -0.25) is 0 Å². The minimum absolute atomic E-state index is 0.155. The Morgan fingerprint density at radius 1 is 1.15 bits per heavy atom. The Hall–Kier alpha value is -1.54. The van der Waals surface area contributed by atoms with E-state index in [0.717, 1.165) is 20.0 Å². The SMILES string of the molecule is COC(=O)c1cc(C2CC2)cc(B2OC(C)(C)C(C)(C)O2)c1C(F)(F)F. The first-order chi connectivity index (χ1) is 11.9. The smallest absolute Gasteiger partial charge is 0.465 e. The van der Waals surface area contributed by atoms with E-state index in [1.807, 2.05) is 0 Å². The van der Waals surface area contributed by atoms with E-state index < -0.39 is 41.6 Å². The Balaban J connectivity index is 2.20. The fourth-order valence-corrected chi connectivity index (χ4v) is 3.08. The quantitative estimate of drug-likeness (QED) is 0.602. The Bertz CT molecular complexity index is 723. The molecule has 0 N–H and O–H groups in total. The van der Waals surface area contributed by atoms with Crippen molar-refractivity contribution in [2.45, 2.75) is 63.8 Å². The second kappa shape index (κ2) is 5.99. The van der Waals surface area contributed by atoms with Gasteiger partial charge in [0.15, 0.2) is 0 Å². The zero-order chi connectivity index (χ0) is 19.5. The van der Waals surface area contributed by atoms with Crippen molar-refractivity contribution in [2.75, 3.05) is 7.11 Å². The van der Waals surface area contributed by atoms with E-state index in [0.29, 0.717) is 5.56 Å². The van der Waals surface area contributed by atoms with Gasteiger partial charge in [-0.25, -0.2) is 4.79 Å². The minimum atomic E-state index is -4.75. The molecule has 0 atom stereocenters. The van der Waals surface area contributed by atoms with Gasteiger partial charge in [0.1, 0.15) is 0 Å². The van der Waals surface area contributed by atoms with Crippen LogP contribution in [-0.4, -0.2) is 31.4 Å². The maximum absolute atomic E-state index is 13.9. The van der Waals surface area contributed by atoms with E-state index in [-0.39, 0.29) is 11.4 Å². The molecule has 1 aliphatic carbocycles. The summed E-state index contributed by atoms with van der Waals surface area (Å²) < 4.78 is 57.9. The maximum Gasteiger partial charge on any atom is 0.495 e. The lowest BCUT2D eigenvalue weighted by molar-refractivity contribution is -0.137. The summed E-state index contributed by atoms with van der Waals surface area (Å²) in [4.78, 5) is 12.1. The number of carbonyl (C=O) groups is 1. The Labute approximate surface area is 151 Å². The number of hydrogen-bond acceptors (Lipinski definition) is 4. The predicted molar refractivity (Wildman–Crippen MR) is 90.5 cm³/mol. The standard InChI is InChI=1S/C18H22BF3O4/c1-16(2)17(3,4)26-19(25-16)13-9-11(10-6-7-10)8-12(15(23)24-5)14(13)18(20,21)22/h8-10H,6-7H2,1-5H3. The molecule has 1 saturated heterocycles. The normalized spacial score (nSPS) is 21.8. The number of benzene rings is 1. The summed E-state index contributed by atoms with van der Waals surface area (Å²) >= 11 is 0. The fourth-order valence-electron chi connectivity index (χ4n) is 3.08. The number of carbonyl (C=O) groups excluding carboxylic acids is 1. The lowest BCUT2D eigenvalue weighted by Gasteiger charge is -2.32. The van der Waals surface area contributed by atoms with Gasteiger partial charge in [-0.15, -0.1) is 0 Å². The third-order valence-electron chi connectivity index (χ3n) is 5.44. The molecular weight excluding hydrogens is 348 g/mol. The Morgan fingerprint density at radius 3 is 2.12 bits per heavy atom. The average molecular weight is 370 g/mol. The van der Waals surface area contributed by atoms with Crippen LogP contribution in [0.3, 0.4) is 0 Å². The van der Waals surface area contributed by atoms with Crippen molar-refractivity contribution < 1.29 is 32.0 Å². The van der Waals surface area contributed by atoms with Crippen LogP contribution in [0.1, 0.15) is 67.9 Å². The van der Waals surface area contributed by atoms with Gasteiger partial charge in [0.25, 0.3) is 0 Å². The largest absolute Gasteiger partial charge is 0.495 e. The molecule has 1 aromatic carbocycles. The molecular formula is C18H22BF3O4. The highest BCUT2D eigenvalue weighted by Gasteiger charge is 2.54. The summed E-state index contributed by atoms with van der Waals surface area (Å²) in [5.74, 6) is -0.862. The number of ether oxygens (including phenoxy) is 1. The summed E-state index contributed by atoms with van der Waals surface area (Å²) in [5.41, 5.74) is -2.60. The lowest BCUT2D eigenvalue weighted by atomic mass is 9.73. The Morgan fingerprint density at radius 2 is 1.69 bits per heavy atom. The van der Waals surface area contributed by atoms with Crippen molar-refractivity contribution in [1.29, 1.82) is 0 Å². The molecule has 2 fully saturated rings. The van der Waals surface area contributed by atoms with Crippen molar-refractivity contribution in [3.05, 3.63) is 28.8 Å². The highest BCUT2D eigenvalue weighted by molar-refractivity contribution is 6.63. The van der Waals surface area contributed by atoms with Gasteiger partial charge < -0.3 is 14.0 Å². The van der Waals surface area contributed by atoms with Gasteiger partial charge in [-0.05, 0) is 63.5 Å². The van der Waals surface area contributed by atoms with E-state index in [1.54, 1.807) is 27.7 Å². The summed E-state index contributed by atoms with van der Waals surface area (Å²) in [6.45, 7) is 7.08. The summed E-state index contributed by atoms with van der Waals surface area (Å²) in [7, 11) is -0.139. The molecule has 1 aromatic rings. The zero-order valence-electron chi connectivity index (χ0n) is 15.5. The topological polar surface area (TPSA) is 44.8 Å². The summed E-state index contributed by atoms with van der Waals surface area (Å²) in [6, 6.07) is 2.76. The van der Waals surface area contributed by atoms with E-state index in [2.05, 4.69) is 4.74 Å². The highest BCUT2D eigenvalue weighted by Crippen LogP contribution is 2.43. The van der Waals surface area contributed by atoms with E-state index in [1.165, 1.54) is 12.1 Å². The first kappa shape index (κ1) is 19.2. The van der Waals surface area contributed by atoms with Crippen molar-refractivity contribution in [3.63, 3.8) is 0 Å². The molecule has 0 unspecified atom stereocenters. The lowest BCUT2D eigenvalue weighted by Crippen LogP contribution is -2.41.